The molecule has 0 saturated heterocycles. The Bertz CT molecular complexity index is 615. The van der Waals surface area contributed by atoms with Crippen LogP contribution in [-0.4, -0.2) is 9.97 Å². The van der Waals surface area contributed by atoms with Gasteiger partial charge in [0.05, 0.1) is 22.5 Å². The van der Waals surface area contributed by atoms with E-state index in [9.17, 15) is 0 Å². The van der Waals surface area contributed by atoms with Crippen molar-refractivity contribution in [2.75, 3.05) is 0 Å². The molecule has 1 heterocycles. The van der Waals surface area contributed by atoms with Gasteiger partial charge in [0.25, 0.3) is 0 Å². The Morgan fingerprint density at radius 3 is 2.79 bits per heavy atom. The first-order chi connectivity index (χ1) is 8.98. The number of aromatic nitrogens is 2. The first-order valence-electron chi connectivity index (χ1n) is 6.28. The van der Waals surface area contributed by atoms with Crippen LogP contribution < -0.4 is 5.73 Å². The molecule has 0 radical (unpaired) electrons. The van der Waals surface area contributed by atoms with Crippen LogP contribution in [0.2, 0.25) is 10.0 Å². The number of nitrogens with two attached hydrogens (primary N) is 1. The third kappa shape index (κ3) is 2.38. The molecule has 1 aliphatic rings. The first kappa shape index (κ1) is 13.0. The number of hydrogen-bond acceptors (Lipinski definition) is 2. The Morgan fingerprint density at radius 1 is 1.37 bits per heavy atom. The van der Waals surface area contributed by atoms with Crippen molar-refractivity contribution in [2.24, 2.45) is 11.7 Å². The van der Waals surface area contributed by atoms with Crippen molar-refractivity contribution in [1.29, 1.82) is 0 Å². The normalized spacial score (nSPS) is 18.3. The molecule has 2 aromatic rings. The molecule has 1 aromatic heterocycles. The quantitative estimate of drug-likeness (QED) is 0.900. The molecule has 1 fully saturated rings. The number of halogens is 2. The molecule has 0 aliphatic heterocycles. The van der Waals surface area contributed by atoms with E-state index in [1.807, 2.05) is 13.0 Å². The molecule has 3 nitrogen and oxygen atoms in total. The number of nitrogens with zero attached hydrogens (tertiary/aromatic N) is 1. The van der Waals surface area contributed by atoms with Gasteiger partial charge >= 0.3 is 0 Å². The monoisotopic (exact) mass is 295 g/mol. The van der Waals surface area contributed by atoms with Gasteiger partial charge in [0, 0.05) is 10.6 Å². The fourth-order valence-electron chi connectivity index (χ4n) is 2.31. The zero-order chi connectivity index (χ0) is 13.6. The van der Waals surface area contributed by atoms with E-state index in [-0.39, 0.29) is 0 Å². The molecule has 1 aliphatic carbocycles. The lowest BCUT2D eigenvalue weighted by Crippen LogP contribution is -2.36. The molecule has 0 amide bonds. The SMILES string of the molecule is CC(N)(c1ncc(-c2cc(Cl)ccc2Cl)[nH]1)C1CC1. The number of nitrogens with one attached hydrogen (secondary N) is 1. The molecule has 1 unspecified atom stereocenters. The molecule has 0 bridgehead atoms. The van der Waals surface area contributed by atoms with E-state index < -0.39 is 5.54 Å². The summed E-state index contributed by atoms with van der Waals surface area (Å²) in [5.41, 5.74) is 7.64. The van der Waals surface area contributed by atoms with Gasteiger partial charge in [-0.15, -0.1) is 0 Å². The number of rotatable bonds is 3. The second-order valence-electron chi connectivity index (χ2n) is 5.33. The Labute approximate surface area is 122 Å². The maximum absolute atomic E-state index is 6.35. The van der Waals surface area contributed by atoms with Gasteiger partial charge in [-0.1, -0.05) is 23.2 Å². The third-order valence-corrected chi connectivity index (χ3v) is 4.29. The van der Waals surface area contributed by atoms with Crippen LogP contribution in [0, 0.1) is 5.92 Å². The summed E-state index contributed by atoms with van der Waals surface area (Å²) in [6.45, 7) is 2.02. The number of H-pyrrole nitrogens is 1. The Balaban J connectivity index is 1.99. The van der Waals surface area contributed by atoms with Gasteiger partial charge in [0.1, 0.15) is 5.82 Å². The highest BCUT2D eigenvalue weighted by atomic mass is 35.5. The van der Waals surface area contributed by atoms with Crippen LogP contribution in [0.25, 0.3) is 11.3 Å². The van der Waals surface area contributed by atoms with Gasteiger partial charge in [-0.05, 0) is 43.9 Å². The van der Waals surface area contributed by atoms with E-state index in [0.29, 0.717) is 16.0 Å². The van der Waals surface area contributed by atoms with Crippen molar-refractivity contribution < 1.29 is 0 Å². The highest BCUT2D eigenvalue weighted by Crippen LogP contribution is 2.43. The Morgan fingerprint density at radius 2 is 2.11 bits per heavy atom. The third-order valence-electron chi connectivity index (χ3n) is 3.73. The van der Waals surface area contributed by atoms with Gasteiger partial charge in [-0.25, -0.2) is 4.98 Å². The summed E-state index contributed by atoms with van der Waals surface area (Å²) >= 11 is 12.2. The minimum atomic E-state index is -0.400. The summed E-state index contributed by atoms with van der Waals surface area (Å²) in [6, 6.07) is 5.37. The maximum Gasteiger partial charge on any atom is 0.126 e. The highest BCUT2D eigenvalue weighted by molar-refractivity contribution is 6.35. The molecule has 0 spiro atoms. The van der Waals surface area contributed by atoms with E-state index >= 15 is 0 Å². The minimum absolute atomic E-state index is 0.400. The van der Waals surface area contributed by atoms with Crippen LogP contribution in [-0.2, 0) is 5.54 Å². The van der Waals surface area contributed by atoms with Gasteiger partial charge in [0.15, 0.2) is 0 Å². The lowest BCUT2D eigenvalue weighted by molar-refractivity contribution is 0.404. The number of imidazole rings is 1. The standard InChI is InChI=1S/C14H15Cl2N3/c1-14(17,8-2-3-8)13-18-7-12(19-13)10-6-9(15)4-5-11(10)16/h4-8H,2-3,17H2,1H3,(H,18,19). The molecule has 5 heteroatoms. The van der Waals surface area contributed by atoms with Crippen molar-refractivity contribution >= 4 is 23.2 Å². The largest absolute Gasteiger partial charge is 0.340 e. The van der Waals surface area contributed by atoms with Crippen LogP contribution in [0.3, 0.4) is 0 Å². The molecule has 1 atom stereocenters. The second-order valence-corrected chi connectivity index (χ2v) is 6.17. The van der Waals surface area contributed by atoms with Crippen LogP contribution in [0.4, 0.5) is 0 Å². The molecule has 1 aromatic carbocycles. The van der Waals surface area contributed by atoms with E-state index in [1.165, 1.54) is 12.8 Å². The Kier molecular flexibility index (Phi) is 3.08. The molecule has 1 saturated carbocycles. The maximum atomic E-state index is 6.35. The van der Waals surface area contributed by atoms with Crippen LogP contribution >= 0.6 is 23.2 Å². The first-order valence-corrected chi connectivity index (χ1v) is 7.04. The molecule has 100 valence electrons. The summed E-state index contributed by atoms with van der Waals surface area (Å²) in [6.07, 6.45) is 4.10. The predicted molar refractivity (Wildman–Crippen MR) is 78.3 cm³/mol. The fraction of sp³-hybridized carbons (Fsp3) is 0.357. The molecular weight excluding hydrogens is 281 g/mol. The molecule has 3 N–H and O–H groups in total. The van der Waals surface area contributed by atoms with E-state index in [1.54, 1.807) is 18.3 Å². The smallest absolute Gasteiger partial charge is 0.126 e. The highest BCUT2D eigenvalue weighted by Gasteiger charge is 2.41. The number of aromatic amines is 1. The molecule has 19 heavy (non-hydrogen) atoms. The number of hydrogen-bond donors (Lipinski definition) is 2. The fourth-order valence-corrected chi connectivity index (χ4v) is 2.70. The zero-order valence-electron chi connectivity index (χ0n) is 10.6. The molecule has 3 rings (SSSR count). The summed E-state index contributed by atoms with van der Waals surface area (Å²) in [5.74, 6) is 1.32. The van der Waals surface area contributed by atoms with Crippen LogP contribution in [0.1, 0.15) is 25.6 Å². The summed E-state index contributed by atoms with van der Waals surface area (Å²) in [5, 5.41) is 1.29. The lowest BCUT2D eigenvalue weighted by atomic mass is 9.97. The average molecular weight is 296 g/mol. The topological polar surface area (TPSA) is 54.7 Å². The van der Waals surface area contributed by atoms with E-state index in [2.05, 4.69) is 9.97 Å². The second kappa shape index (κ2) is 4.51. The Hall–Kier alpha value is -1.03. The van der Waals surface area contributed by atoms with Crippen molar-refractivity contribution in [2.45, 2.75) is 25.3 Å². The van der Waals surface area contributed by atoms with Crippen molar-refractivity contribution in [1.82, 2.24) is 9.97 Å². The predicted octanol–water partition coefficient (Wildman–Crippen LogP) is 3.97. The number of benzene rings is 1. The van der Waals surface area contributed by atoms with E-state index in [4.69, 9.17) is 28.9 Å². The van der Waals surface area contributed by atoms with Crippen molar-refractivity contribution in [3.63, 3.8) is 0 Å². The van der Waals surface area contributed by atoms with Gasteiger partial charge < -0.3 is 10.7 Å². The van der Waals surface area contributed by atoms with Gasteiger partial charge in [-0.3, -0.25) is 0 Å². The van der Waals surface area contributed by atoms with Crippen molar-refractivity contribution in [3.05, 3.63) is 40.3 Å². The minimum Gasteiger partial charge on any atom is -0.340 e. The zero-order valence-corrected chi connectivity index (χ0v) is 12.1. The van der Waals surface area contributed by atoms with Crippen molar-refractivity contribution in [3.8, 4) is 11.3 Å². The lowest BCUT2D eigenvalue weighted by Gasteiger charge is -2.21. The summed E-state index contributed by atoms with van der Waals surface area (Å²) in [7, 11) is 0. The van der Waals surface area contributed by atoms with Gasteiger partial charge in [-0.2, -0.15) is 0 Å². The van der Waals surface area contributed by atoms with Gasteiger partial charge in [0.2, 0.25) is 0 Å². The van der Waals surface area contributed by atoms with E-state index in [0.717, 1.165) is 17.1 Å². The van der Waals surface area contributed by atoms with Crippen LogP contribution in [0.5, 0.6) is 0 Å². The average Bonchev–Trinajstić information content (AvgIpc) is 3.11. The summed E-state index contributed by atoms with van der Waals surface area (Å²) in [4.78, 5) is 7.69. The van der Waals surface area contributed by atoms with Crippen LogP contribution in [0.15, 0.2) is 24.4 Å². The summed E-state index contributed by atoms with van der Waals surface area (Å²) < 4.78 is 0. The molecular formula is C14H15Cl2N3.